The highest BCUT2D eigenvalue weighted by molar-refractivity contribution is 6.18. The first kappa shape index (κ1) is 6.99. The van der Waals surface area contributed by atoms with Crippen LogP contribution < -0.4 is 0 Å². The number of hydrogen-bond acceptors (Lipinski definition) is 1. The molecule has 0 atom stereocenters. The molecule has 0 rings (SSSR count). The van der Waals surface area contributed by atoms with Crippen LogP contribution in [0.2, 0.25) is 0 Å². The van der Waals surface area contributed by atoms with E-state index in [-0.39, 0.29) is 0 Å². The van der Waals surface area contributed by atoms with E-state index in [9.17, 15) is 0 Å². The summed E-state index contributed by atoms with van der Waals surface area (Å²) in [7, 11) is 3.16. The fraction of sp³-hybridized carbons (Fsp3) is 0.400. The Balaban J connectivity index is 2.78. The van der Waals surface area contributed by atoms with Gasteiger partial charge < -0.3 is 4.74 Å². The van der Waals surface area contributed by atoms with Gasteiger partial charge in [0.25, 0.3) is 0 Å². The van der Waals surface area contributed by atoms with Crippen LogP contribution in [0.4, 0.5) is 0 Å². The molecule has 7 heavy (non-hydrogen) atoms. The molecule has 0 aromatic heterocycles. The van der Waals surface area contributed by atoms with Crippen LogP contribution in [-0.4, -0.2) is 12.5 Å². The number of ether oxygens (including phenoxy) is 1. The molecule has 0 unspecified atom stereocenters. The Labute approximate surface area is 48.9 Å². The zero-order chi connectivity index (χ0) is 5.54. The highest BCUT2D eigenvalue weighted by Gasteiger charge is 1.67. The summed E-state index contributed by atoms with van der Waals surface area (Å²) in [5.74, 6) is 0.545. The van der Waals surface area contributed by atoms with Crippen molar-refractivity contribution in [1.82, 2.24) is 0 Å². The second-order valence-electron chi connectivity index (χ2n) is 0.996. The Hall–Kier alpha value is -0.0100. The minimum atomic E-state index is 0.545. The molecule has 0 aliphatic carbocycles. The lowest BCUT2D eigenvalue weighted by molar-refractivity contribution is 0.281. The second kappa shape index (κ2) is 5.99. The number of rotatable bonds is 3. The predicted octanol–water partition coefficient (Wildman–Crippen LogP) is 1.59. The van der Waals surface area contributed by atoms with Gasteiger partial charge in [-0.1, -0.05) is 12.2 Å². The van der Waals surface area contributed by atoms with Crippen LogP contribution in [-0.2, 0) is 4.74 Å². The summed E-state index contributed by atoms with van der Waals surface area (Å²) in [6, 6.07) is 0. The molecule has 0 aromatic carbocycles. The first-order chi connectivity index (χ1) is 3.41. The summed E-state index contributed by atoms with van der Waals surface area (Å²) < 4.78 is 4.45. The summed E-state index contributed by atoms with van der Waals surface area (Å²) in [4.78, 5) is 0. The van der Waals surface area contributed by atoms with Gasteiger partial charge in [0.05, 0.1) is 13.7 Å². The van der Waals surface area contributed by atoms with Crippen LogP contribution in [0.3, 0.4) is 0 Å². The summed E-state index contributed by atoms with van der Waals surface area (Å²) in [5.41, 5.74) is 0. The standard InChI is InChI=1S/C5H8ClO/c1-7-5-3-2-4-6/h2-3H,1,4-5H2/b3-2+. The lowest BCUT2D eigenvalue weighted by atomic mass is 10.6. The highest BCUT2D eigenvalue weighted by Crippen LogP contribution is 1.77. The molecule has 2 heteroatoms. The number of allylic oxidation sites excluding steroid dienone is 1. The van der Waals surface area contributed by atoms with Gasteiger partial charge in [-0.05, 0) is 0 Å². The van der Waals surface area contributed by atoms with Crippen LogP contribution in [0, 0.1) is 7.11 Å². The van der Waals surface area contributed by atoms with Crippen LogP contribution in [0.5, 0.6) is 0 Å². The van der Waals surface area contributed by atoms with Crippen molar-refractivity contribution in [1.29, 1.82) is 0 Å². The summed E-state index contributed by atoms with van der Waals surface area (Å²) in [6.07, 6.45) is 3.63. The van der Waals surface area contributed by atoms with E-state index >= 15 is 0 Å². The number of hydrogen-bond donors (Lipinski definition) is 0. The molecule has 0 bridgehead atoms. The molecule has 0 saturated carbocycles. The van der Waals surface area contributed by atoms with Gasteiger partial charge in [0.1, 0.15) is 0 Å². The van der Waals surface area contributed by atoms with Crippen LogP contribution >= 0.6 is 11.6 Å². The fourth-order valence-corrected chi connectivity index (χ4v) is 0.325. The Morgan fingerprint density at radius 1 is 1.57 bits per heavy atom. The molecule has 1 radical (unpaired) electrons. The van der Waals surface area contributed by atoms with Gasteiger partial charge in [-0.3, -0.25) is 0 Å². The van der Waals surface area contributed by atoms with Crippen molar-refractivity contribution in [2.24, 2.45) is 0 Å². The quantitative estimate of drug-likeness (QED) is 0.405. The van der Waals surface area contributed by atoms with E-state index in [0.717, 1.165) is 0 Å². The van der Waals surface area contributed by atoms with Crippen molar-refractivity contribution in [3.8, 4) is 0 Å². The van der Waals surface area contributed by atoms with Gasteiger partial charge in [-0.15, -0.1) is 11.6 Å². The van der Waals surface area contributed by atoms with Crippen LogP contribution in [0.15, 0.2) is 12.2 Å². The SMILES string of the molecule is [CH2]OC/C=C/CCl. The van der Waals surface area contributed by atoms with Crippen molar-refractivity contribution >= 4 is 11.6 Å². The van der Waals surface area contributed by atoms with Gasteiger partial charge in [0.2, 0.25) is 0 Å². The molecule has 0 heterocycles. The number of alkyl halides is 1. The van der Waals surface area contributed by atoms with Crippen molar-refractivity contribution in [2.45, 2.75) is 0 Å². The molecular weight excluding hydrogens is 112 g/mol. The van der Waals surface area contributed by atoms with E-state index in [1.54, 1.807) is 0 Å². The summed E-state index contributed by atoms with van der Waals surface area (Å²) >= 11 is 5.27. The molecule has 0 aromatic rings. The van der Waals surface area contributed by atoms with Crippen molar-refractivity contribution in [3.63, 3.8) is 0 Å². The maximum absolute atomic E-state index is 5.27. The maximum atomic E-state index is 5.27. The van der Waals surface area contributed by atoms with Crippen molar-refractivity contribution in [3.05, 3.63) is 19.3 Å². The Morgan fingerprint density at radius 3 is 2.71 bits per heavy atom. The molecular formula is C5H8ClO. The van der Waals surface area contributed by atoms with Gasteiger partial charge in [0.15, 0.2) is 0 Å². The van der Waals surface area contributed by atoms with E-state index in [4.69, 9.17) is 11.6 Å². The normalized spacial score (nSPS) is 10.6. The fourth-order valence-electron chi connectivity index (χ4n) is 0.199. The predicted molar refractivity (Wildman–Crippen MR) is 31.2 cm³/mol. The van der Waals surface area contributed by atoms with E-state index in [0.29, 0.717) is 12.5 Å². The van der Waals surface area contributed by atoms with Crippen LogP contribution in [0.1, 0.15) is 0 Å². The zero-order valence-electron chi connectivity index (χ0n) is 4.06. The topological polar surface area (TPSA) is 9.23 Å². The van der Waals surface area contributed by atoms with E-state index in [1.807, 2.05) is 12.2 Å². The molecule has 0 aliphatic rings. The molecule has 0 aliphatic heterocycles. The minimum Gasteiger partial charge on any atom is -0.375 e. The van der Waals surface area contributed by atoms with Gasteiger partial charge in [0, 0.05) is 5.88 Å². The third-order valence-electron chi connectivity index (χ3n) is 0.470. The second-order valence-corrected chi connectivity index (χ2v) is 1.31. The molecule has 0 amide bonds. The Kier molecular flexibility index (Phi) is 5.98. The van der Waals surface area contributed by atoms with Gasteiger partial charge in [-0.25, -0.2) is 0 Å². The van der Waals surface area contributed by atoms with Crippen LogP contribution in [0.25, 0.3) is 0 Å². The first-order valence-corrected chi connectivity index (χ1v) is 2.53. The monoisotopic (exact) mass is 119 g/mol. The minimum absolute atomic E-state index is 0.545. The Bertz CT molecular complexity index is 52.0. The average Bonchev–Trinajstić information content (AvgIpc) is 1.69. The molecule has 0 spiro atoms. The molecule has 1 nitrogen and oxygen atoms in total. The average molecular weight is 120 g/mol. The molecule has 41 valence electrons. The third-order valence-corrected chi connectivity index (χ3v) is 0.648. The van der Waals surface area contributed by atoms with E-state index in [2.05, 4.69) is 11.8 Å². The van der Waals surface area contributed by atoms with Crippen molar-refractivity contribution in [2.75, 3.05) is 12.5 Å². The molecule has 0 saturated heterocycles. The lowest BCUT2D eigenvalue weighted by Gasteiger charge is -1.82. The molecule has 0 N–H and O–H groups in total. The lowest BCUT2D eigenvalue weighted by Crippen LogP contribution is -1.76. The van der Waals surface area contributed by atoms with Crippen molar-refractivity contribution < 1.29 is 4.74 Å². The zero-order valence-corrected chi connectivity index (χ0v) is 4.82. The Morgan fingerprint density at radius 2 is 2.29 bits per heavy atom. The highest BCUT2D eigenvalue weighted by atomic mass is 35.5. The smallest absolute Gasteiger partial charge is 0.0704 e. The van der Waals surface area contributed by atoms with E-state index in [1.165, 1.54) is 0 Å². The van der Waals surface area contributed by atoms with Gasteiger partial charge in [-0.2, -0.15) is 0 Å². The third kappa shape index (κ3) is 5.99. The van der Waals surface area contributed by atoms with E-state index < -0.39 is 0 Å². The summed E-state index contributed by atoms with van der Waals surface area (Å²) in [5, 5.41) is 0. The maximum Gasteiger partial charge on any atom is 0.0704 e. The first-order valence-electron chi connectivity index (χ1n) is 1.99. The largest absolute Gasteiger partial charge is 0.375 e. The number of halogens is 1. The molecule has 0 fully saturated rings. The van der Waals surface area contributed by atoms with Gasteiger partial charge >= 0.3 is 0 Å². The summed E-state index contributed by atoms with van der Waals surface area (Å²) in [6.45, 7) is 0.548.